The van der Waals surface area contributed by atoms with E-state index in [-0.39, 0.29) is 5.82 Å². The Labute approximate surface area is 117 Å². The summed E-state index contributed by atoms with van der Waals surface area (Å²) in [6.07, 6.45) is 3.66. The predicted molar refractivity (Wildman–Crippen MR) is 75.1 cm³/mol. The van der Waals surface area contributed by atoms with E-state index in [0.717, 1.165) is 31.6 Å². The first-order chi connectivity index (χ1) is 9.81. The molecule has 0 bridgehead atoms. The van der Waals surface area contributed by atoms with Gasteiger partial charge in [-0.3, -0.25) is 4.68 Å². The molecule has 0 unspecified atom stereocenters. The Bertz CT molecular complexity index is 626. The van der Waals surface area contributed by atoms with Crippen molar-refractivity contribution in [1.29, 1.82) is 0 Å². The molecule has 0 spiro atoms. The number of benzene rings is 1. The Morgan fingerprint density at radius 2 is 2.05 bits per heavy atom. The minimum absolute atomic E-state index is 0.184. The summed E-state index contributed by atoms with van der Waals surface area (Å²) in [5, 5.41) is 8.28. The molecule has 0 amide bonds. The van der Waals surface area contributed by atoms with Gasteiger partial charge in [-0.25, -0.2) is 4.39 Å². The van der Waals surface area contributed by atoms with Crippen molar-refractivity contribution < 1.29 is 4.39 Å². The maximum absolute atomic E-state index is 13.0. The van der Waals surface area contributed by atoms with E-state index in [4.69, 9.17) is 5.10 Å². The third-order valence-electron chi connectivity index (χ3n) is 4.25. The van der Waals surface area contributed by atoms with Gasteiger partial charge in [0.25, 0.3) is 0 Å². The molecule has 1 aliphatic heterocycles. The van der Waals surface area contributed by atoms with Crippen LogP contribution in [0.1, 0.15) is 41.3 Å². The molecule has 2 aromatic rings. The lowest BCUT2D eigenvalue weighted by Gasteiger charge is -2.15. The average molecular weight is 271 g/mol. The number of halogens is 1. The van der Waals surface area contributed by atoms with Gasteiger partial charge in [0.05, 0.1) is 17.9 Å². The molecule has 1 aliphatic carbocycles. The van der Waals surface area contributed by atoms with E-state index in [2.05, 4.69) is 10.00 Å². The van der Waals surface area contributed by atoms with E-state index < -0.39 is 0 Å². The van der Waals surface area contributed by atoms with Crippen LogP contribution >= 0.6 is 0 Å². The number of aromatic nitrogens is 2. The topological polar surface area (TPSA) is 29.9 Å². The molecule has 1 N–H and O–H groups in total. The molecule has 1 aromatic heterocycles. The van der Waals surface area contributed by atoms with Gasteiger partial charge in [0.2, 0.25) is 0 Å². The highest BCUT2D eigenvalue weighted by atomic mass is 19.1. The fourth-order valence-electron chi connectivity index (χ4n) is 3.02. The molecule has 3 nitrogen and oxygen atoms in total. The number of hydrogen-bond donors (Lipinski definition) is 1. The molecule has 0 radical (unpaired) electrons. The van der Waals surface area contributed by atoms with Crippen LogP contribution in [-0.4, -0.2) is 16.3 Å². The van der Waals surface area contributed by atoms with Crippen LogP contribution in [0.25, 0.3) is 0 Å². The molecule has 1 aromatic carbocycles. The fraction of sp³-hybridized carbons (Fsp3) is 0.438. The Hall–Kier alpha value is -1.68. The second-order valence-electron chi connectivity index (χ2n) is 5.80. The number of hydrogen-bond acceptors (Lipinski definition) is 2. The second-order valence-corrected chi connectivity index (χ2v) is 5.80. The van der Waals surface area contributed by atoms with Crippen LogP contribution < -0.4 is 5.32 Å². The molecule has 2 heterocycles. The largest absolute Gasteiger partial charge is 0.311 e. The fourth-order valence-corrected chi connectivity index (χ4v) is 3.02. The quantitative estimate of drug-likeness (QED) is 0.930. The van der Waals surface area contributed by atoms with Crippen LogP contribution in [-0.2, 0) is 19.5 Å². The van der Waals surface area contributed by atoms with Crippen molar-refractivity contribution in [2.24, 2.45) is 0 Å². The molecule has 1 fully saturated rings. The van der Waals surface area contributed by atoms with Gasteiger partial charge in [-0.05, 0) is 49.1 Å². The minimum Gasteiger partial charge on any atom is -0.311 e. The monoisotopic (exact) mass is 271 g/mol. The van der Waals surface area contributed by atoms with Crippen molar-refractivity contribution >= 4 is 0 Å². The summed E-state index contributed by atoms with van der Waals surface area (Å²) < 4.78 is 15.1. The Morgan fingerprint density at radius 1 is 1.25 bits per heavy atom. The van der Waals surface area contributed by atoms with Gasteiger partial charge in [0.1, 0.15) is 5.82 Å². The second kappa shape index (κ2) is 4.70. The number of nitrogens with zero attached hydrogens (tertiary/aromatic N) is 2. The molecular formula is C16H18FN3. The molecule has 20 heavy (non-hydrogen) atoms. The summed E-state index contributed by atoms with van der Waals surface area (Å²) in [7, 11) is 0. The lowest BCUT2D eigenvalue weighted by atomic mass is 10.0. The third kappa shape index (κ3) is 2.14. The third-order valence-corrected chi connectivity index (χ3v) is 4.25. The summed E-state index contributed by atoms with van der Waals surface area (Å²) in [5.74, 6) is 0.507. The van der Waals surface area contributed by atoms with Gasteiger partial charge in [-0.1, -0.05) is 12.1 Å². The van der Waals surface area contributed by atoms with Crippen LogP contribution in [0.3, 0.4) is 0 Å². The molecular weight excluding hydrogens is 253 g/mol. The van der Waals surface area contributed by atoms with Gasteiger partial charge < -0.3 is 5.32 Å². The van der Waals surface area contributed by atoms with Gasteiger partial charge in [-0.15, -0.1) is 0 Å². The maximum Gasteiger partial charge on any atom is 0.123 e. The van der Waals surface area contributed by atoms with Gasteiger partial charge in [0, 0.05) is 12.5 Å². The van der Waals surface area contributed by atoms with Crippen LogP contribution in [0.15, 0.2) is 24.3 Å². The van der Waals surface area contributed by atoms with Crippen molar-refractivity contribution in [2.45, 2.75) is 38.3 Å². The predicted octanol–water partition coefficient (Wildman–Crippen LogP) is 2.59. The average Bonchev–Trinajstić information content (AvgIpc) is 3.25. The van der Waals surface area contributed by atoms with E-state index in [1.807, 2.05) is 12.1 Å². The number of fused-ring (bicyclic) bond motifs is 1. The van der Waals surface area contributed by atoms with Crippen molar-refractivity contribution in [1.82, 2.24) is 15.1 Å². The summed E-state index contributed by atoms with van der Waals surface area (Å²) in [6, 6.07) is 6.73. The number of rotatable bonds is 3. The zero-order valence-corrected chi connectivity index (χ0v) is 11.4. The van der Waals surface area contributed by atoms with Crippen molar-refractivity contribution in [2.75, 3.05) is 6.54 Å². The zero-order valence-electron chi connectivity index (χ0n) is 11.4. The smallest absolute Gasteiger partial charge is 0.123 e. The highest BCUT2D eigenvalue weighted by Crippen LogP contribution is 2.42. The summed E-state index contributed by atoms with van der Waals surface area (Å²) in [5.41, 5.74) is 5.21. The van der Waals surface area contributed by atoms with E-state index >= 15 is 0 Å². The van der Waals surface area contributed by atoms with Crippen LogP contribution in [0.5, 0.6) is 0 Å². The molecule has 104 valence electrons. The molecule has 2 aliphatic rings. The zero-order chi connectivity index (χ0) is 13.5. The highest BCUT2D eigenvalue weighted by molar-refractivity contribution is 5.34. The van der Waals surface area contributed by atoms with E-state index in [1.54, 1.807) is 0 Å². The van der Waals surface area contributed by atoms with Crippen molar-refractivity contribution in [3.05, 3.63) is 52.6 Å². The van der Waals surface area contributed by atoms with E-state index in [9.17, 15) is 4.39 Å². The van der Waals surface area contributed by atoms with Gasteiger partial charge in [0.15, 0.2) is 0 Å². The molecule has 4 heteroatoms. The Balaban J connectivity index is 1.68. The lowest BCUT2D eigenvalue weighted by molar-refractivity contribution is 0.569. The standard InChI is InChI=1S/C16H18FN3/c17-13-5-1-11(2-6-13)10-20-15-9-18-8-7-14(15)16(19-20)12-3-4-12/h1-2,5-6,12,18H,3-4,7-10H2. The summed E-state index contributed by atoms with van der Waals surface area (Å²) in [4.78, 5) is 0. The highest BCUT2D eigenvalue weighted by Gasteiger charge is 2.32. The summed E-state index contributed by atoms with van der Waals surface area (Å²) in [6.45, 7) is 2.68. The first-order valence-corrected chi connectivity index (χ1v) is 7.35. The Kier molecular flexibility index (Phi) is 2.84. The molecule has 0 atom stereocenters. The first kappa shape index (κ1) is 12.1. The normalized spacial score (nSPS) is 18.1. The van der Waals surface area contributed by atoms with Crippen LogP contribution in [0.2, 0.25) is 0 Å². The van der Waals surface area contributed by atoms with E-state index in [0.29, 0.717) is 5.92 Å². The number of nitrogens with one attached hydrogen (secondary N) is 1. The van der Waals surface area contributed by atoms with Crippen molar-refractivity contribution in [3.8, 4) is 0 Å². The maximum atomic E-state index is 13.0. The minimum atomic E-state index is -0.184. The van der Waals surface area contributed by atoms with Crippen LogP contribution in [0, 0.1) is 5.82 Å². The van der Waals surface area contributed by atoms with Crippen LogP contribution in [0.4, 0.5) is 4.39 Å². The molecule has 0 saturated heterocycles. The van der Waals surface area contributed by atoms with E-state index in [1.165, 1.54) is 41.9 Å². The van der Waals surface area contributed by atoms with Crippen molar-refractivity contribution in [3.63, 3.8) is 0 Å². The molecule has 4 rings (SSSR count). The Morgan fingerprint density at radius 3 is 2.80 bits per heavy atom. The van der Waals surface area contributed by atoms with Gasteiger partial charge in [-0.2, -0.15) is 5.10 Å². The lowest BCUT2D eigenvalue weighted by Crippen LogP contribution is -2.25. The first-order valence-electron chi connectivity index (χ1n) is 7.35. The molecule has 1 saturated carbocycles. The SMILES string of the molecule is Fc1ccc(Cn2nc(C3CC3)c3c2CNCC3)cc1. The summed E-state index contributed by atoms with van der Waals surface area (Å²) >= 11 is 0. The van der Waals surface area contributed by atoms with Gasteiger partial charge >= 0.3 is 0 Å².